The van der Waals surface area contributed by atoms with Crippen molar-refractivity contribution in [2.45, 2.75) is 0 Å². The molecule has 1 aliphatic heterocycles. The highest BCUT2D eigenvalue weighted by molar-refractivity contribution is 6.30. The van der Waals surface area contributed by atoms with E-state index in [9.17, 15) is 0 Å². The second-order valence-corrected chi connectivity index (χ2v) is 4.91. The van der Waals surface area contributed by atoms with Crippen LogP contribution in [-0.4, -0.2) is 36.3 Å². The number of hydrogen-bond donors (Lipinski definition) is 1. The van der Waals surface area contributed by atoms with Crippen molar-refractivity contribution < 1.29 is 4.74 Å². The van der Waals surface area contributed by atoms with E-state index in [0.29, 0.717) is 11.0 Å². The van der Waals surface area contributed by atoms with Crippen LogP contribution in [0.2, 0.25) is 5.02 Å². The Morgan fingerprint density at radius 3 is 2.60 bits per heavy atom. The van der Waals surface area contributed by atoms with Crippen molar-refractivity contribution in [2.75, 3.05) is 36.5 Å². The number of nitrogens with one attached hydrogen (secondary N) is 1. The van der Waals surface area contributed by atoms with E-state index in [1.54, 1.807) is 6.20 Å². The molecule has 1 aliphatic rings. The van der Waals surface area contributed by atoms with Gasteiger partial charge in [-0.3, -0.25) is 0 Å². The van der Waals surface area contributed by atoms with Crippen LogP contribution >= 0.6 is 11.6 Å². The van der Waals surface area contributed by atoms with Crippen molar-refractivity contribution in [3.8, 4) is 0 Å². The number of hydrogen-bond acceptors (Lipinski definition) is 5. The zero-order valence-corrected chi connectivity index (χ0v) is 11.7. The lowest BCUT2D eigenvalue weighted by atomic mass is 10.3. The lowest BCUT2D eigenvalue weighted by Crippen LogP contribution is -2.36. The smallest absolute Gasteiger partial charge is 0.229 e. The monoisotopic (exact) mass is 290 g/mol. The Morgan fingerprint density at radius 1 is 1.10 bits per heavy atom. The summed E-state index contributed by atoms with van der Waals surface area (Å²) in [6, 6.07) is 9.37. The molecule has 0 unspecified atom stereocenters. The van der Waals surface area contributed by atoms with Gasteiger partial charge in [0.25, 0.3) is 0 Å². The first-order valence-electron chi connectivity index (χ1n) is 6.49. The Labute approximate surface area is 122 Å². The van der Waals surface area contributed by atoms with E-state index in [1.807, 2.05) is 30.3 Å². The SMILES string of the molecule is Clc1ccc(Nc2nccc(N3CCOCC3)n2)cc1. The van der Waals surface area contributed by atoms with Gasteiger partial charge in [0.05, 0.1) is 13.2 Å². The number of morpholine rings is 1. The van der Waals surface area contributed by atoms with Crippen molar-refractivity contribution in [1.29, 1.82) is 0 Å². The molecule has 104 valence electrons. The summed E-state index contributed by atoms with van der Waals surface area (Å²) in [6.07, 6.45) is 1.76. The van der Waals surface area contributed by atoms with Crippen LogP contribution in [-0.2, 0) is 4.74 Å². The number of nitrogens with zero attached hydrogens (tertiary/aromatic N) is 3. The molecule has 1 N–H and O–H groups in total. The third-order valence-electron chi connectivity index (χ3n) is 3.08. The van der Waals surface area contributed by atoms with Crippen LogP contribution in [0.1, 0.15) is 0 Å². The predicted molar refractivity (Wildman–Crippen MR) is 79.8 cm³/mol. The van der Waals surface area contributed by atoms with Crippen molar-refractivity contribution in [3.05, 3.63) is 41.6 Å². The fourth-order valence-corrected chi connectivity index (χ4v) is 2.17. The highest BCUT2D eigenvalue weighted by atomic mass is 35.5. The summed E-state index contributed by atoms with van der Waals surface area (Å²) in [5, 5.41) is 3.88. The van der Waals surface area contributed by atoms with Crippen LogP contribution in [0.5, 0.6) is 0 Å². The molecule has 1 aromatic heterocycles. The third-order valence-corrected chi connectivity index (χ3v) is 3.33. The second-order valence-electron chi connectivity index (χ2n) is 4.47. The molecule has 1 aromatic carbocycles. The number of halogens is 1. The number of aromatic nitrogens is 2. The Kier molecular flexibility index (Phi) is 3.99. The average Bonchev–Trinajstić information content (AvgIpc) is 2.51. The molecule has 0 aliphatic carbocycles. The molecule has 5 nitrogen and oxygen atoms in total. The molecule has 0 bridgehead atoms. The van der Waals surface area contributed by atoms with Gasteiger partial charge < -0.3 is 15.0 Å². The molecule has 0 radical (unpaired) electrons. The first-order chi connectivity index (χ1) is 9.81. The summed E-state index contributed by atoms with van der Waals surface area (Å²) in [5.41, 5.74) is 0.911. The molecule has 3 rings (SSSR count). The number of ether oxygens (including phenoxy) is 1. The standard InChI is InChI=1S/C14H15ClN4O/c15-11-1-3-12(4-2-11)17-14-16-6-5-13(18-14)19-7-9-20-10-8-19/h1-6H,7-10H2,(H,16,17,18). The Bertz CT molecular complexity index is 570. The zero-order chi connectivity index (χ0) is 13.8. The lowest BCUT2D eigenvalue weighted by molar-refractivity contribution is 0.122. The van der Waals surface area contributed by atoms with E-state index in [-0.39, 0.29) is 0 Å². The molecule has 2 aromatic rings. The molecule has 1 fully saturated rings. The lowest BCUT2D eigenvalue weighted by Gasteiger charge is -2.27. The first kappa shape index (κ1) is 13.1. The van der Waals surface area contributed by atoms with Crippen LogP contribution in [0.15, 0.2) is 36.5 Å². The molecule has 0 amide bonds. The normalized spacial score (nSPS) is 15.2. The van der Waals surface area contributed by atoms with Gasteiger partial charge in [-0.2, -0.15) is 4.98 Å². The minimum atomic E-state index is 0.580. The predicted octanol–water partition coefficient (Wildman–Crippen LogP) is 2.71. The Balaban J connectivity index is 1.75. The van der Waals surface area contributed by atoms with E-state index in [1.165, 1.54) is 0 Å². The minimum Gasteiger partial charge on any atom is -0.378 e. The highest BCUT2D eigenvalue weighted by Gasteiger charge is 2.12. The molecule has 1 saturated heterocycles. The van der Waals surface area contributed by atoms with Gasteiger partial charge in [-0.25, -0.2) is 4.98 Å². The highest BCUT2D eigenvalue weighted by Crippen LogP contribution is 2.19. The first-order valence-corrected chi connectivity index (χ1v) is 6.87. The van der Waals surface area contributed by atoms with E-state index in [2.05, 4.69) is 20.2 Å². The summed E-state index contributed by atoms with van der Waals surface area (Å²) < 4.78 is 5.35. The van der Waals surface area contributed by atoms with Gasteiger partial charge in [-0.1, -0.05) is 11.6 Å². The van der Waals surface area contributed by atoms with Gasteiger partial charge >= 0.3 is 0 Å². The maximum Gasteiger partial charge on any atom is 0.229 e. The van der Waals surface area contributed by atoms with E-state index in [4.69, 9.17) is 16.3 Å². The molecule has 0 spiro atoms. The second kappa shape index (κ2) is 6.07. The van der Waals surface area contributed by atoms with E-state index >= 15 is 0 Å². The fourth-order valence-electron chi connectivity index (χ4n) is 2.04. The Hall–Kier alpha value is -1.85. The van der Waals surface area contributed by atoms with Crippen LogP contribution < -0.4 is 10.2 Å². The molecule has 0 atom stereocenters. The van der Waals surface area contributed by atoms with Crippen LogP contribution in [0.4, 0.5) is 17.5 Å². The third kappa shape index (κ3) is 3.18. The summed E-state index contributed by atoms with van der Waals surface area (Å²) in [4.78, 5) is 11.0. The molecule has 0 saturated carbocycles. The summed E-state index contributed by atoms with van der Waals surface area (Å²) in [7, 11) is 0. The largest absolute Gasteiger partial charge is 0.378 e. The maximum atomic E-state index is 5.86. The molecular weight excluding hydrogens is 276 g/mol. The topological polar surface area (TPSA) is 50.3 Å². The molecule has 6 heteroatoms. The number of anilines is 3. The number of rotatable bonds is 3. The van der Waals surface area contributed by atoms with Crippen LogP contribution in [0, 0.1) is 0 Å². The summed E-state index contributed by atoms with van der Waals surface area (Å²) >= 11 is 5.86. The fraction of sp³-hybridized carbons (Fsp3) is 0.286. The minimum absolute atomic E-state index is 0.580. The van der Waals surface area contributed by atoms with Gasteiger partial charge in [0.15, 0.2) is 0 Å². The van der Waals surface area contributed by atoms with E-state index < -0.39 is 0 Å². The maximum absolute atomic E-state index is 5.86. The summed E-state index contributed by atoms with van der Waals surface area (Å²) in [6.45, 7) is 3.20. The van der Waals surface area contributed by atoms with Crippen molar-refractivity contribution in [2.24, 2.45) is 0 Å². The van der Waals surface area contributed by atoms with Gasteiger partial charge in [0, 0.05) is 30.0 Å². The van der Waals surface area contributed by atoms with Crippen LogP contribution in [0.3, 0.4) is 0 Å². The van der Waals surface area contributed by atoms with Gasteiger partial charge in [0.1, 0.15) is 5.82 Å². The quantitative estimate of drug-likeness (QED) is 0.942. The molecular formula is C14H15ClN4O. The van der Waals surface area contributed by atoms with Crippen molar-refractivity contribution in [1.82, 2.24) is 9.97 Å². The van der Waals surface area contributed by atoms with Gasteiger partial charge in [-0.05, 0) is 30.3 Å². The van der Waals surface area contributed by atoms with Gasteiger partial charge in [0.2, 0.25) is 5.95 Å². The van der Waals surface area contributed by atoms with Gasteiger partial charge in [-0.15, -0.1) is 0 Å². The van der Waals surface area contributed by atoms with Crippen LogP contribution in [0.25, 0.3) is 0 Å². The zero-order valence-electron chi connectivity index (χ0n) is 10.9. The number of benzene rings is 1. The molecule has 2 heterocycles. The van der Waals surface area contributed by atoms with Crippen molar-refractivity contribution in [3.63, 3.8) is 0 Å². The molecule has 20 heavy (non-hydrogen) atoms. The Morgan fingerprint density at radius 2 is 1.85 bits per heavy atom. The van der Waals surface area contributed by atoms with Crippen molar-refractivity contribution >= 4 is 29.1 Å². The average molecular weight is 291 g/mol. The van der Waals surface area contributed by atoms with E-state index in [0.717, 1.165) is 37.8 Å². The summed E-state index contributed by atoms with van der Waals surface area (Å²) in [5.74, 6) is 1.50.